The van der Waals surface area contributed by atoms with Crippen LogP contribution in [-0.2, 0) is 0 Å². The van der Waals surface area contributed by atoms with Crippen LogP contribution in [0.4, 0.5) is 13.2 Å². The summed E-state index contributed by atoms with van der Waals surface area (Å²) in [6.07, 6.45) is -5.24. The van der Waals surface area contributed by atoms with E-state index in [1.54, 1.807) is 19.1 Å². The van der Waals surface area contributed by atoms with Gasteiger partial charge in [0, 0.05) is 19.3 Å². The number of nitrogens with zero attached hydrogens (tertiary/aromatic N) is 2. The zero-order valence-electron chi connectivity index (χ0n) is 12.7. The number of hydrogen-bond acceptors (Lipinski definition) is 4. The Balaban J connectivity index is 2.02. The lowest BCUT2D eigenvalue weighted by Gasteiger charge is -2.34. The molecular formula is C15H19F3N2O3. The van der Waals surface area contributed by atoms with Crippen molar-refractivity contribution in [1.82, 2.24) is 9.88 Å². The normalized spacial score (nSPS) is 17.9. The Morgan fingerprint density at radius 1 is 1.48 bits per heavy atom. The van der Waals surface area contributed by atoms with E-state index in [4.69, 9.17) is 4.74 Å². The number of hydrogen-bond donors (Lipinski definition) is 1. The lowest BCUT2D eigenvalue weighted by molar-refractivity contribution is -0.222. The number of amides is 1. The Morgan fingerprint density at radius 2 is 2.13 bits per heavy atom. The van der Waals surface area contributed by atoms with Crippen molar-refractivity contribution in [2.45, 2.75) is 32.0 Å². The zero-order chi connectivity index (χ0) is 17.0. The summed E-state index contributed by atoms with van der Waals surface area (Å²) >= 11 is 0. The number of alkyl halides is 3. The van der Waals surface area contributed by atoms with Gasteiger partial charge in [0.05, 0.1) is 6.61 Å². The van der Waals surface area contributed by atoms with Crippen molar-refractivity contribution in [2.75, 3.05) is 19.7 Å². The molecule has 1 unspecified atom stereocenters. The van der Waals surface area contributed by atoms with Gasteiger partial charge in [-0.25, -0.2) is 4.98 Å². The Labute approximate surface area is 132 Å². The molecule has 128 valence electrons. The third kappa shape index (κ3) is 4.13. The van der Waals surface area contributed by atoms with Crippen LogP contribution in [0.25, 0.3) is 0 Å². The zero-order valence-corrected chi connectivity index (χ0v) is 12.7. The smallest absolute Gasteiger partial charge is 0.414 e. The van der Waals surface area contributed by atoms with Gasteiger partial charge in [0.2, 0.25) is 5.88 Å². The maximum atomic E-state index is 12.5. The highest BCUT2D eigenvalue weighted by Crippen LogP contribution is 2.32. The van der Waals surface area contributed by atoms with Gasteiger partial charge in [-0.15, -0.1) is 0 Å². The van der Waals surface area contributed by atoms with E-state index >= 15 is 0 Å². The van der Waals surface area contributed by atoms with Gasteiger partial charge in [-0.2, -0.15) is 13.2 Å². The predicted molar refractivity (Wildman–Crippen MR) is 76.1 cm³/mol. The topological polar surface area (TPSA) is 62.7 Å². The van der Waals surface area contributed by atoms with E-state index in [9.17, 15) is 23.1 Å². The maximum absolute atomic E-state index is 12.5. The molecule has 0 aromatic carbocycles. The van der Waals surface area contributed by atoms with Crippen LogP contribution in [0.15, 0.2) is 18.3 Å². The second kappa shape index (κ2) is 7.16. The molecule has 1 atom stereocenters. The minimum atomic E-state index is -4.62. The number of halogens is 3. The monoisotopic (exact) mass is 332 g/mol. The van der Waals surface area contributed by atoms with E-state index in [0.717, 1.165) is 0 Å². The number of carbonyl (C=O) groups is 1. The lowest BCUT2D eigenvalue weighted by Crippen LogP contribution is -2.45. The van der Waals surface area contributed by atoms with Gasteiger partial charge in [-0.3, -0.25) is 4.79 Å². The lowest BCUT2D eigenvalue weighted by atomic mass is 9.90. The van der Waals surface area contributed by atoms with E-state index in [0.29, 0.717) is 12.2 Å². The Hall–Kier alpha value is -1.83. The highest BCUT2D eigenvalue weighted by molar-refractivity contribution is 5.96. The Bertz CT molecular complexity index is 543. The molecule has 1 N–H and O–H groups in total. The number of piperidine rings is 1. The number of likely N-dealkylation sites (tertiary alicyclic amines) is 1. The third-order valence-electron chi connectivity index (χ3n) is 3.89. The fraction of sp³-hybridized carbons (Fsp3) is 0.600. The molecular weight excluding hydrogens is 313 g/mol. The van der Waals surface area contributed by atoms with Gasteiger partial charge in [-0.1, -0.05) is 0 Å². The van der Waals surface area contributed by atoms with E-state index in [-0.39, 0.29) is 37.7 Å². The van der Waals surface area contributed by atoms with Gasteiger partial charge in [0.25, 0.3) is 5.91 Å². The van der Waals surface area contributed by atoms with Gasteiger partial charge >= 0.3 is 6.18 Å². The maximum Gasteiger partial charge on any atom is 0.414 e. The summed E-state index contributed by atoms with van der Waals surface area (Å²) in [5.41, 5.74) is 0.296. The second-order valence-corrected chi connectivity index (χ2v) is 5.41. The van der Waals surface area contributed by atoms with Crippen LogP contribution in [0.3, 0.4) is 0 Å². The summed E-state index contributed by atoms with van der Waals surface area (Å²) in [5.74, 6) is -0.974. The van der Waals surface area contributed by atoms with E-state index in [2.05, 4.69) is 4.98 Å². The average Bonchev–Trinajstić information content (AvgIpc) is 2.54. The minimum Gasteiger partial charge on any atom is -0.477 e. The summed E-state index contributed by atoms with van der Waals surface area (Å²) in [6, 6.07) is 3.19. The highest BCUT2D eigenvalue weighted by Gasteiger charge is 2.44. The van der Waals surface area contributed by atoms with Crippen LogP contribution in [0.5, 0.6) is 5.88 Å². The van der Waals surface area contributed by atoms with Crippen molar-refractivity contribution in [3.63, 3.8) is 0 Å². The Kier molecular flexibility index (Phi) is 5.46. The van der Waals surface area contributed by atoms with Crippen molar-refractivity contribution in [1.29, 1.82) is 0 Å². The fourth-order valence-electron chi connectivity index (χ4n) is 2.66. The summed E-state index contributed by atoms with van der Waals surface area (Å²) in [6.45, 7) is 2.46. The number of pyridine rings is 1. The van der Waals surface area contributed by atoms with E-state index in [1.165, 1.54) is 11.1 Å². The molecule has 0 saturated carbocycles. The second-order valence-electron chi connectivity index (χ2n) is 5.41. The quantitative estimate of drug-likeness (QED) is 0.919. The molecule has 1 saturated heterocycles. The van der Waals surface area contributed by atoms with Crippen LogP contribution in [0.2, 0.25) is 0 Å². The SMILES string of the molecule is CCOc1ncccc1C(=O)N1CCC(C(O)C(F)(F)F)CC1. The standard InChI is InChI=1S/C15H19F3N2O3/c1-2-23-13-11(4-3-7-19-13)14(22)20-8-5-10(6-9-20)12(21)15(16,17)18/h3-4,7,10,12,21H,2,5-6,8-9H2,1H3. The van der Waals surface area contributed by atoms with E-state index in [1.807, 2.05) is 0 Å². The number of aliphatic hydroxyl groups excluding tert-OH is 1. The molecule has 1 fully saturated rings. The van der Waals surface area contributed by atoms with Gasteiger partial charge in [-0.05, 0) is 37.8 Å². The number of aromatic nitrogens is 1. The van der Waals surface area contributed by atoms with Crippen molar-refractivity contribution in [3.8, 4) is 5.88 Å². The summed E-state index contributed by atoms with van der Waals surface area (Å²) in [7, 11) is 0. The van der Waals surface area contributed by atoms with E-state index < -0.39 is 18.2 Å². The summed E-state index contributed by atoms with van der Waals surface area (Å²) in [4.78, 5) is 18.0. The molecule has 0 bridgehead atoms. The molecule has 1 aromatic rings. The highest BCUT2D eigenvalue weighted by atomic mass is 19.4. The molecule has 1 amide bonds. The third-order valence-corrected chi connectivity index (χ3v) is 3.89. The molecule has 0 aliphatic carbocycles. The molecule has 0 radical (unpaired) electrons. The molecule has 1 aromatic heterocycles. The average molecular weight is 332 g/mol. The van der Waals surface area contributed by atoms with Crippen molar-refractivity contribution in [2.24, 2.45) is 5.92 Å². The molecule has 2 heterocycles. The van der Waals surface area contributed by atoms with Crippen LogP contribution in [0, 0.1) is 5.92 Å². The first-order valence-electron chi connectivity index (χ1n) is 7.46. The number of aliphatic hydroxyl groups is 1. The predicted octanol–water partition coefficient (Wildman–Crippen LogP) is 2.26. The molecule has 2 rings (SSSR count). The summed E-state index contributed by atoms with van der Waals surface area (Å²) < 4.78 is 42.9. The van der Waals surface area contributed by atoms with Crippen LogP contribution >= 0.6 is 0 Å². The van der Waals surface area contributed by atoms with Crippen molar-refractivity contribution in [3.05, 3.63) is 23.9 Å². The van der Waals surface area contributed by atoms with Crippen LogP contribution in [0.1, 0.15) is 30.1 Å². The molecule has 0 spiro atoms. The number of carbonyl (C=O) groups excluding carboxylic acids is 1. The van der Waals surface area contributed by atoms with Crippen molar-refractivity contribution >= 4 is 5.91 Å². The fourth-order valence-corrected chi connectivity index (χ4v) is 2.66. The number of rotatable bonds is 4. The largest absolute Gasteiger partial charge is 0.477 e. The molecule has 23 heavy (non-hydrogen) atoms. The first-order valence-corrected chi connectivity index (χ1v) is 7.46. The molecule has 5 nitrogen and oxygen atoms in total. The van der Waals surface area contributed by atoms with Crippen LogP contribution < -0.4 is 4.74 Å². The van der Waals surface area contributed by atoms with Crippen LogP contribution in [-0.4, -0.2) is 52.9 Å². The Morgan fingerprint density at radius 3 is 2.70 bits per heavy atom. The molecule has 8 heteroatoms. The first kappa shape index (κ1) is 17.5. The van der Waals surface area contributed by atoms with Gasteiger partial charge < -0.3 is 14.7 Å². The molecule has 1 aliphatic rings. The van der Waals surface area contributed by atoms with Crippen molar-refractivity contribution < 1.29 is 27.8 Å². The minimum absolute atomic E-state index is 0.108. The van der Waals surface area contributed by atoms with Gasteiger partial charge in [0.15, 0.2) is 6.10 Å². The van der Waals surface area contributed by atoms with Gasteiger partial charge in [0.1, 0.15) is 5.56 Å². The first-order chi connectivity index (χ1) is 10.8. The molecule has 1 aliphatic heterocycles. The number of ether oxygens (including phenoxy) is 1. The summed E-state index contributed by atoms with van der Waals surface area (Å²) in [5, 5.41) is 9.31.